The summed E-state index contributed by atoms with van der Waals surface area (Å²) in [7, 11) is 5.73. The first-order valence-electron chi connectivity index (χ1n) is 12.6. The summed E-state index contributed by atoms with van der Waals surface area (Å²) in [4.78, 5) is 32.5. The number of piperazine rings is 1. The van der Waals surface area contributed by atoms with Crippen LogP contribution in [0.1, 0.15) is 37.6 Å². The molecule has 1 fully saturated rings. The molecule has 1 aliphatic rings. The number of amides is 2. The van der Waals surface area contributed by atoms with Crippen LogP contribution in [-0.2, 0) is 4.79 Å². The number of rotatable bonds is 9. The number of methoxy groups -OCH3 is 1. The Kier molecular flexibility index (Phi) is 9.20. The summed E-state index contributed by atoms with van der Waals surface area (Å²) in [6, 6.07) is 13.7. The van der Waals surface area contributed by atoms with E-state index in [0.29, 0.717) is 17.8 Å². The van der Waals surface area contributed by atoms with Crippen molar-refractivity contribution >= 4 is 28.9 Å². The highest BCUT2D eigenvalue weighted by Gasteiger charge is 2.25. The number of nitrogens with one attached hydrogen (secondary N) is 2. The summed E-state index contributed by atoms with van der Waals surface area (Å²) in [5, 5.41) is 6.03. The molecule has 1 heterocycles. The van der Waals surface area contributed by atoms with Crippen LogP contribution in [0.2, 0.25) is 0 Å². The Morgan fingerprint density at radius 2 is 1.61 bits per heavy atom. The fourth-order valence-electron chi connectivity index (χ4n) is 4.16. The van der Waals surface area contributed by atoms with E-state index in [9.17, 15) is 9.59 Å². The topological polar surface area (TPSA) is 77.1 Å². The van der Waals surface area contributed by atoms with E-state index in [-0.39, 0.29) is 11.8 Å². The molecule has 0 bridgehead atoms. The summed E-state index contributed by atoms with van der Waals surface area (Å²) in [6.45, 7) is 10.3. The molecule has 36 heavy (non-hydrogen) atoms. The maximum Gasteiger partial charge on any atom is 0.253 e. The van der Waals surface area contributed by atoms with Crippen molar-refractivity contribution in [2.75, 3.05) is 75.6 Å². The molecule has 0 spiro atoms. The van der Waals surface area contributed by atoms with E-state index in [1.165, 1.54) is 0 Å². The van der Waals surface area contributed by atoms with Gasteiger partial charge in [0.05, 0.1) is 18.4 Å². The van der Waals surface area contributed by atoms with E-state index in [1.54, 1.807) is 13.2 Å². The van der Waals surface area contributed by atoms with Crippen LogP contribution in [0.5, 0.6) is 5.75 Å². The van der Waals surface area contributed by atoms with E-state index >= 15 is 0 Å². The molecule has 0 radical (unpaired) electrons. The molecule has 8 nitrogen and oxygen atoms in total. The highest BCUT2D eigenvalue weighted by molar-refractivity contribution is 6.02. The predicted octanol–water partition coefficient (Wildman–Crippen LogP) is 3.69. The SMILES string of the molecule is COc1ccccc1N1CCN(c2ccc(NC(=O)C(C)(C)C)cc2C(=O)NCCCN(C)C)CC1. The average molecular weight is 496 g/mol. The van der Waals surface area contributed by atoms with Crippen molar-refractivity contribution in [3.05, 3.63) is 48.0 Å². The molecule has 0 atom stereocenters. The minimum absolute atomic E-state index is 0.0852. The zero-order valence-electron chi connectivity index (χ0n) is 22.6. The fraction of sp³-hybridized carbons (Fsp3) is 0.500. The lowest BCUT2D eigenvalue weighted by Gasteiger charge is -2.38. The third kappa shape index (κ3) is 7.13. The van der Waals surface area contributed by atoms with Crippen LogP contribution in [-0.4, -0.2) is 77.2 Å². The summed E-state index contributed by atoms with van der Waals surface area (Å²) in [5.74, 6) is 0.656. The number of hydrogen-bond donors (Lipinski definition) is 2. The quantitative estimate of drug-likeness (QED) is 0.517. The molecule has 196 valence electrons. The third-order valence-electron chi connectivity index (χ3n) is 6.29. The minimum atomic E-state index is -0.526. The Morgan fingerprint density at radius 3 is 2.22 bits per heavy atom. The summed E-state index contributed by atoms with van der Waals surface area (Å²) in [6.07, 6.45) is 0.867. The maximum atomic E-state index is 13.3. The van der Waals surface area contributed by atoms with Crippen LogP contribution in [0.4, 0.5) is 17.1 Å². The molecule has 1 saturated heterocycles. The number of hydrogen-bond acceptors (Lipinski definition) is 6. The predicted molar refractivity (Wildman–Crippen MR) is 147 cm³/mol. The Hall–Kier alpha value is -3.26. The van der Waals surface area contributed by atoms with Gasteiger partial charge in [0.25, 0.3) is 5.91 Å². The second kappa shape index (κ2) is 12.1. The second-order valence-electron chi connectivity index (χ2n) is 10.5. The number of para-hydroxylation sites is 2. The third-order valence-corrected chi connectivity index (χ3v) is 6.29. The average Bonchev–Trinajstić information content (AvgIpc) is 2.86. The first kappa shape index (κ1) is 27.3. The van der Waals surface area contributed by atoms with Crippen LogP contribution in [0, 0.1) is 5.41 Å². The van der Waals surface area contributed by atoms with Crippen LogP contribution in [0.15, 0.2) is 42.5 Å². The highest BCUT2D eigenvalue weighted by Crippen LogP contribution is 2.31. The van der Waals surface area contributed by atoms with Crippen LogP contribution >= 0.6 is 0 Å². The monoisotopic (exact) mass is 495 g/mol. The van der Waals surface area contributed by atoms with Crippen molar-refractivity contribution in [1.29, 1.82) is 0 Å². The van der Waals surface area contributed by atoms with Gasteiger partial charge in [0, 0.05) is 49.5 Å². The standard InChI is InChI=1S/C28H41N5O3/c1-28(2,3)27(35)30-21-12-13-23(22(20-21)26(34)29-14-9-15-31(4)5)32-16-18-33(19-17-32)24-10-7-8-11-25(24)36-6/h7-8,10-13,20H,9,14-19H2,1-6H3,(H,29,34)(H,30,35). The van der Waals surface area contributed by atoms with Gasteiger partial charge in [-0.3, -0.25) is 9.59 Å². The Balaban J connectivity index is 1.78. The van der Waals surface area contributed by atoms with E-state index in [1.807, 2.05) is 65.2 Å². The molecule has 2 aromatic rings. The van der Waals surface area contributed by atoms with E-state index < -0.39 is 5.41 Å². The summed E-state index contributed by atoms with van der Waals surface area (Å²) in [5.41, 5.74) is 2.65. The van der Waals surface area contributed by atoms with E-state index in [0.717, 1.165) is 56.3 Å². The summed E-state index contributed by atoms with van der Waals surface area (Å²) < 4.78 is 5.55. The molecular weight excluding hydrogens is 454 g/mol. The number of carbonyl (C=O) groups is 2. The lowest BCUT2D eigenvalue weighted by Crippen LogP contribution is -2.47. The van der Waals surface area contributed by atoms with Gasteiger partial charge in [-0.25, -0.2) is 0 Å². The van der Waals surface area contributed by atoms with Crippen molar-refractivity contribution < 1.29 is 14.3 Å². The Labute approximate surface area is 215 Å². The van der Waals surface area contributed by atoms with Crippen LogP contribution < -0.4 is 25.2 Å². The van der Waals surface area contributed by atoms with Gasteiger partial charge in [0.1, 0.15) is 5.75 Å². The van der Waals surface area contributed by atoms with Gasteiger partial charge in [-0.15, -0.1) is 0 Å². The number of carbonyl (C=O) groups excluding carboxylic acids is 2. The van der Waals surface area contributed by atoms with Crippen molar-refractivity contribution in [3.63, 3.8) is 0 Å². The normalized spacial score (nSPS) is 14.1. The molecule has 2 N–H and O–H groups in total. The zero-order valence-corrected chi connectivity index (χ0v) is 22.6. The first-order chi connectivity index (χ1) is 17.1. The van der Waals surface area contributed by atoms with Crippen molar-refractivity contribution in [2.24, 2.45) is 5.41 Å². The number of benzene rings is 2. The van der Waals surface area contributed by atoms with Gasteiger partial charge >= 0.3 is 0 Å². The number of anilines is 3. The molecule has 2 amide bonds. The molecule has 2 aromatic carbocycles. The molecule has 0 saturated carbocycles. The van der Waals surface area contributed by atoms with Gasteiger partial charge in [0.15, 0.2) is 0 Å². The maximum absolute atomic E-state index is 13.3. The van der Waals surface area contributed by atoms with Crippen molar-refractivity contribution in [2.45, 2.75) is 27.2 Å². The molecule has 0 unspecified atom stereocenters. The summed E-state index contributed by atoms with van der Waals surface area (Å²) >= 11 is 0. The minimum Gasteiger partial charge on any atom is -0.495 e. The van der Waals surface area contributed by atoms with E-state index in [4.69, 9.17) is 4.74 Å². The van der Waals surface area contributed by atoms with Gasteiger partial charge in [-0.1, -0.05) is 32.9 Å². The lowest BCUT2D eigenvalue weighted by atomic mass is 9.95. The van der Waals surface area contributed by atoms with Gasteiger partial charge in [-0.05, 0) is 57.4 Å². The zero-order chi connectivity index (χ0) is 26.3. The fourth-order valence-corrected chi connectivity index (χ4v) is 4.16. The van der Waals surface area contributed by atoms with Crippen LogP contribution in [0.25, 0.3) is 0 Å². The molecule has 1 aliphatic heterocycles. The van der Waals surface area contributed by atoms with Gasteiger partial charge < -0.3 is 30.1 Å². The Morgan fingerprint density at radius 1 is 0.972 bits per heavy atom. The van der Waals surface area contributed by atoms with Crippen LogP contribution in [0.3, 0.4) is 0 Å². The second-order valence-corrected chi connectivity index (χ2v) is 10.5. The van der Waals surface area contributed by atoms with Crippen molar-refractivity contribution in [1.82, 2.24) is 10.2 Å². The molecule has 8 heteroatoms. The Bertz CT molecular complexity index is 1040. The van der Waals surface area contributed by atoms with Crippen molar-refractivity contribution in [3.8, 4) is 5.75 Å². The number of nitrogens with zero attached hydrogens (tertiary/aromatic N) is 3. The number of ether oxygens (including phenoxy) is 1. The molecule has 0 aromatic heterocycles. The molecule has 0 aliphatic carbocycles. The van der Waals surface area contributed by atoms with Gasteiger partial charge in [0.2, 0.25) is 5.91 Å². The highest BCUT2D eigenvalue weighted by atomic mass is 16.5. The lowest BCUT2D eigenvalue weighted by molar-refractivity contribution is -0.123. The van der Waals surface area contributed by atoms with E-state index in [2.05, 4.69) is 31.4 Å². The smallest absolute Gasteiger partial charge is 0.253 e. The van der Waals surface area contributed by atoms with Gasteiger partial charge in [-0.2, -0.15) is 0 Å². The molecule has 3 rings (SSSR count). The largest absolute Gasteiger partial charge is 0.495 e. The molecular formula is C28H41N5O3. The first-order valence-corrected chi connectivity index (χ1v) is 12.6.